The molecule has 1 heterocycles. The topological polar surface area (TPSA) is 12.5 Å². The number of hydrogen-bond acceptors (Lipinski definition) is 2. The van der Waals surface area contributed by atoms with Crippen LogP contribution in [0.25, 0.3) is 0 Å². The van der Waals surface area contributed by atoms with Crippen LogP contribution in [0.4, 0.5) is 0 Å². The fraction of sp³-hybridized carbons (Fsp3) is 1.00. The molecule has 1 fully saturated rings. The molecule has 0 aromatic heterocycles. The Labute approximate surface area is 75.9 Å². The molecule has 12 heavy (non-hydrogen) atoms. The van der Waals surface area contributed by atoms with Crippen molar-refractivity contribution >= 4 is 0 Å². The summed E-state index contributed by atoms with van der Waals surface area (Å²) in [5.41, 5.74) is 0. The third-order valence-electron chi connectivity index (χ3n) is 2.86. The minimum absolute atomic E-state index is 0.476. The molecule has 0 N–H and O–H groups in total. The maximum absolute atomic E-state index is 5.49. The average molecular weight is 171 g/mol. The lowest BCUT2D eigenvalue weighted by molar-refractivity contribution is -0.00649. The van der Waals surface area contributed by atoms with Crippen molar-refractivity contribution in [2.75, 3.05) is 27.2 Å². The van der Waals surface area contributed by atoms with Crippen LogP contribution in [-0.2, 0) is 4.74 Å². The first-order valence-electron chi connectivity index (χ1n) is 4.99. The number of nitrogens with zero attached hydrogens (tertiary/aromatic N) is 1. The van der Waals surface area contributed by atoms with E-state index in [0.29, 0.717) is 6.10 Å². The van der Waals surface area contributed by atoms with Gasteiger partial charge in [0, 0.05) is 13.7 Å². The molecule has 0 bridgehead atoms. The largest absolute Gasteiger partial charge is 0.380 e. The third-order valence-corrected chi connectivity index (χ3v) is 2.86. The fourth-order valence-corrected chi connectivity index (χ4v) is 2.09. The minimum Gasteiger partial charge on any atom is -0.380 e. The Hall–Kier alpha value is -0.0800. The maximum Gasteiger partial charge on any atom is 0.0726 e. The molecule has 1 aliphatic heterocycles. The van der Waals surface area contributed by atoms with Crippen molar-refractivity contribution in [3.05, 3.63) is 0 Å². The van der Waals surface area contributed by atoms with Crippen LogP contribution in [0.1, 0.15) is 26.2 Å². The van der Waals surface area contributed by atoms with Crippen LogP contribution >= 0.6 is 0 Å². The van der Waals surface area contributed by atoms with Crippen LogP contribution in [0.15, 0.2) is 0 Å². The summed E-state index contributed by atoms with van der Waals surface area (Å²) in [7, 11) is 4.01. The predicted octanol–water partition coefficient (Wildman–Crippen LogP) is 1.75. The molecule has 1 unspecified atom stereocenters. The van der Waals surface area contributed by atoms with E-state index in [-0.39, 0.29) is 0 Å². The first-order chi connectivity index (χ1) is 5.77. The molecule has 2 heteroatoms. The summed E-state index contributed by atoms with van der Waals surface area (Å²) in [6.07, 6.45) is 4.40. The molecule has 0 spiro atoms. The number of likely N-dealkylation sites (N-methyl/N-ethyl adjacent to an activating group) is 1. The lowest BCUT2D eigenvalue weighted by Crippen LogP contribution is -2.42. The Kier molecular flexibility index (Phi) is 4.02. The van der Waals surface area contributed by atoms with Crippen LogP contribution in [0, 0.1) is 5.92 Å². The Morgan fingerprint density at radius 3 is 2.83 bits per heavy atom. The maximum atomic E-state index is 5.49. The first-order valence-corrected chi connectivity index (χ1v) is 4.99. The van der Waals surface area contributed by atoms with Gasteiger partial charge in [0.1, 0.15) is 0 Å². The van der Waals surface area contributed by atoms with Gasteiger partial charge in [-0.2, -0.15) is 0 Å². The lowest BCUT2D eigenvalue weighted by Gasteiger charge is -2.35. The molecule has 0 amide bonds. The van der Waals surface area contributed by atoms with Gasteiger partial charge < -0.3 is 9.64 Å². The van der Waals surface area contributed by atoms with Crippen molar-refractivity contribution in [3.8, 4) is 0 Å². The summed E-state index contributed by atoms with van der Waals surface area (Å²) >= 11 is 0. The zero-order valence-corrected chi connectivity index (χ0v) is 8.55. The van der Waals surface area contributed by atoms with Crippen LogP contribution in [-0.4, -0.2) is 38.3 Å². The summed E-state index contributed by atoms with van der Waals surface area (Å²) in [5.74, 6) is 0.802. The smallest absolute Gasteiger partial charge is 0.0726 e. The SMILES string of the molecule is CCCC1CCN(C)C[C@@H]1OC. The van der Waals surface area contributed by atoms with Gasteiger partial charge >= 0.3 is 0 Å². The Morgan fingerprint density at radius 1 is 1.50 bits per heavy atom. The Balaban J connectivity index is 2.39. The summed E-state index contributed by atoms with van der Waals surface area (Å²) < 4.78 is 5.49. The van der Waals surface area contributed by atoms with E-state index in [0.717, 1.165) is 12.5 Å². The standard InChI is InChI=1S/C10H21NO/c1-4-5-9-6-7-11(2)8-10(9)12-3/h9-10H,4-8H2,1-3H3/t9?,10-/m0/s1. The molecule has 0 aromatic rings. The minimum atomic E-state index is 0.476. The van der Waals surface area contributed by atoms with E-state index in [2.05, 4.69) is 18.9 Å². The van der Waals surface area contributed by atoms with E-state index in [1.807, 2.05) is 7.11 Å². The van der Waals surface area contributed by atoms with Gasteiger partial charge in [0.05, 0.1) is 6.10 Å². The molecular formula is C10H21NO. The van der Waals surface area contributed by atoms with Gasteiger partial charge in [-0.1, -0.05) is 13.3 Å². The van der Waals surface area contributed by atoms with Gasteiger partial charge in [0.2, 0.25) is 0 Å². The number of piperidine rings is 1. The van der Waals surface area contributed by atoms with Crippen molar-refractivity contribution in [1.82, 2.24) is 4.90 Å². The van der Waals surface area contributed by atoms with E-state index in [1.165, 1.54) is 25.8 Å². The second-order valence-corrected chi connectivity index (χ2v) is 3.87. The van der Waals surface area contributed by atoms with Gasteiger partial charge in [-0.05, 0) is 32.4 Å². The van der Waals surface area contributed by atoms with Gasteiger partial charge in [0.15, 0.2) is 0 Å². The second kappa shape index (κ2) is 4.83. The Bertz CT molecular complexity index is 127. The van der Waals surface area contributed by atoms with Crippen LogP contribution < -0.4 is 0 Å². The summed E-state index contributed by atoms with van der Waals surface area (Å²) in [6.45, 7) is 4.61. The molecule has 72 valence electrons. The molecule has 1 rings (SSSR count). The number of hydrogen-bond donors (Lipinski definition) is 0. The molecule has 0 aromatic carbocycles. The highest BCUT2D eigenvalue weighted by atomic mass is 16.5. The molecular weight excluding hydrogens is 150 g/mol. The van der Waals surface area contributed by atoms with E-state index in [9.17, 15) is 0 Å². The van der Waals surface area contributed by atoms with Crippen molar-refractivity contribution in [2.45, 2.75) is 32.3 Å². The highest BCUT2D eigenvalue weighted by molar-refractivity contribution is 4.79. The van der Waals surface area contributed by atoms with Crippen molar-refractivity contribution in [2.24, 2.45) is 5.92 Å². The number of likely N-dealkylation sites (tertiary alicyclic amines) is 1. The van der Waals surface area contributed by atoms with Gasteiger partial charge in [0.25, 0.3) is 0 Å². The molecule has 1 aliphatic rings. The first kappa shape index (κ1) is 10.0. The summed E-state index contributed by atoms with van der Waals surface area (Å²) in [5, 5.41) is 0. The molecule has 0 aliphatic carbocycles. The van der Waals surface area contributed by atoms with Gasteiger partial charge in [-0.25, -0.2) is 0 Å². The fourth-order valence-electron chi connectivity index (χ4n) is 2.09. The molecule has 1 saturated heterocycles. The molecule has 2 nitrogen and oxygen atoms in total. The van der Waals surface area contributed by atoms with Gasteiger partial charge in [-0.3, -0.25) is 0 Å². The summed E-state index contributed by atoms with van der Waals surface area (Å²) in [6, 6.07) is 0. The average Bonchev–Trinajstić information content (AvgIpc) is 2.08. The van der Waals surface area contributed by atoms with Crippen molar-refractivity contribution in [1.29, 1.82) is 0 Å². The highest BCUT2D eigenvalue weighted by Gasteiger charge is 2.26. The van der Waals surface area contributed by atoms with Crippen LogP contribution in [0.3, 0.4) is 0 Å². The Morgan fingerprint density at radius 2 is 2.25 bits per heavy atom. The van der Waals surface area contributed by atoms with Crippen LogP contribution in [0.2, 0.25) is 0 Å². The zero-order valence-electron chi connectivity index (χ0n) is 8.55. The third kappa shape index (κ3) is 2.46. The lowest BCUT2D eigenvalue weighted by atomic mass is 9.90. The van der Waals surface area contributed by atoms with Gasteiger partial charge in [-0.15, -0.1) is 0 Å². The monoisotopic (exact) mass is 171 g/mol. The quantitative estimate of drug-likeness (QED) is 0.641. The molecule has 0 saturated carbocycles. The normalized spacial score (nSPS) is 32.2. The predicted molar refractivity (Wildman–Crippen MR) is 51.3 cm³/mol. The second-order valence-electron chi connectivity index (χ2n) is 3.87. The molecule has 0 radical (unpaired) electrons. The number of ether oxygens (including phenoxy) is 1. The summed E-state index contributed by atoms with van der Waals surface area (Å²) in [4.78, 5) is 2.36. The highest BCUT2D eigenvalue weighted by Crippen LogP contribution is 2.23. The van der Waals surface area contributed by atoms with E-state index >= 15 is 0 Å². The van der Waals surface area contributed by atoms with E-state index < -0.39 is 0 Å². The van der Waals surface area contributed by atoms with E-state index in [1.54, 1.807) is 0 Å². The number of methoxy groups -OCH3 is 1. The number of rotatable bonds is 3. The van der Waals surface area contributed by atoms with E-state index in [4.69, 9.17) is 4.74 Å². The van der Waals surface area contributed by atoms with Crippen LogP contribution in [0.5, 0.6) is 0 Å². The van der Waals surface area contributed by atoms with Crippen molar-refractivity contribution < 1.29 is 4.74 Å². The van der Waals surface area contributed by atoms with Crippen molar-refractivity contribution in [3.63, 3.8) is 0 Å². The zero-order chi connectivity index (χ0) is 8.97. The molecule has 2 atom stereocenters.